The van der Waals surface area contributed by atoms with Crippen molar-refractivity contribution < 1.29 is 14.6 Å². The van der Waals surface area contributed by atoms with E-state index < -0.39 is 5.97 Å². The first kappa shape index (κ1) is 10.4. The number of carbonyl (C=O) groups is 1. The van der Waals surface area contributed by atoms with E-state index in [2.05, 4.69) is 4.98 Å². The summed E-state index contributed by atoms with van der Waals surface area (Å²) < 4.78 is 4.85. The highest BCUT2D eigenvalue weighted by atomic mass is 16.5. The number of ether oxygens (including phenoxy) is 1. The molecular formula is C12H11NO3. The van der Waals surface area contributed by atoms with Crippen LogP contribution < -0.4 is 0 Å². The van der Waals surface area contributed by atoms with Crippen LogP contribution in [-0.2, 0) is 4.74 Å². The Morgan fingerprint density at radius 3 is 2.94 bits per heavy atom. The fourth-order valence-electron chi connectivity index (χ4n) is 1.45. The molecule has 0 bridgehead atoms. The highest BCUT2D eigenvalue weighted by Gasteiger charge is 2.08. The van der Waals surface area contributed by atoms with Crippen molar-refractivity contribution >= 4 is 16.7 Å². The first-order valence-corrected chi connectivity index (χ1v) is 4.96. The molecule has 0 spiro atoms. The standard InChI is InChI=1S/C12H11NO3/c1-2-16-12(15)11-6-8-3-4-10(14)5-9(8)7-13-11/h3-7,14H,2H2,1H3. The Bertz CT molecular complexity index is 537. The number of hydrogen-bond acceptors (Lipinski definition) is 4. The van der Waals surface area contributed by atoms with Gasteiger partial charge in [0, 0.05) is 11.6 Å². The second-order valence-electron chi connectivity index (χ2n) is 3.32. The molecule has 0 unspecified atom stereocenters. The van der Waals surface area contributed by atoms with Crippen molar-refractivity contribution in [2.75, 3.05) is 6.61 Å². The first-order chi connectivity index (χ1) is 7.70. The summed E-state index contributed by atoms with van der Waals surface area (Å²) in [6.07, 6.45) is 1.54. The number of benzene rings is 1. The largest absolute Gasteiger partial charge is 0.508 e. The van der Waals surface area contributed by atoms with Gasteiger partial charge in [0.25, 0.3) is 0 Å². The summed E-state index contributed by atoms with van der Waals surface area (Å²) in [6, 6.07) is 6.54. The summed E-state index contributed by atoms with van der Waals surface area (Å²) >= 11 is 0. The molecule has 1 heterocycles. The number of rotatable bonds is 2. The van der Waals surface area contributed by atoms with Crippen molar-refractivity contribution in [2.45, 2.75) is 6.92 Å². The van der Waals surface area contributed by atoms with E-state index in [1.807, 2.05) is 0 Å². The molecule has 0 radical (unpaired) electrons. The van der Waals surface area contributed by atoms with Gasteiger partial charge in [-0.3, -0.25) is 0 Å². The molecule has 2 rings (SSSR count). The Morgan fingerprint density at radius 2 is 2.19 bits per heavy atom. The lowest BCUT2D eigenvalue weighted by molar-refractivity contribution is 0.0520. The number of esters is 1. The molecule has 1 aromatic carbocycles. The zero-order valence-electron chi connectivity index (χ0n) is 8.80. The van der Waals surface area contributed by atoms with Crippen LogP contribution in [0.5, 0.6) is 5.75 Å². The molecule has 0 aliphatic rings. The molecule has 0 aliphatic carbocycles. The Hall–Kier alpha value is -2.10. The number of pyridine rings is 1. The number of phenolic OH excluding ortho intramolecular Hbond substituents is 1. The molecular weight excluding hydrogens is 206 g/mol. The van der Waals surface area contributed by atoms with E-state index in [4.69, 9.17) is 4.74 Å². The summed E-state index contributed by atoms with van der Waals surface area (Å²) in [7, 11) is 0. The van der Waals surface area contributed by atoms with Crippen molar-refractivity contribution in [3.8, 4) is 5.75 Å². The van der Waals surface area contributed by atoms with E-state index in [1.165, 1.54) is 0 Å². The van der Waals surface area contributed by atoms with E-state index in [9.17, 15) is 9.90 Å². The molecule has 0 fully saturated rings. The fraction of sp³-hybridized carbons (Fsp3) is 0.167. The molecule has 2 aromatic rings. The van der Waals surface area contributed by atoms with Crippen LogP contribution in [0.4, 0.5) is 0 Å². The van der Waals surface area contributed by atoms with Gasteiger partial charge in [-0.1, -0.05) is 6.07 Å². The van der Waals surface area contributed by atoms with E-state index in [0.717, 1.165) is 10.8 Å². The summed E-state index contributed by atoms with van der Waals surface area (Å²) in [5, 5.41) is 10.9. The molecule has 0 saturated carbocycles. The molecule has 4 nitrogen and oxygen atoms in total. The van der Waals surface area contributed by atoms with Crippen molar-refractivity contribution in [3.63, 3.8) is 0 Å². The average Bonchev–Trinajstić information content (AvgIpc) is 2.28. The third kappa shape index (κ3) is 1.95. The number of phenols is 1. The topological polar surface area (TPSA) is 59.4 Å². The van der Waals surface area contributed by atoms with Crippen LogP contribution in [0.2, 0.25) is 0 Å². The highest BCUT2D eigenvalue weighted by Crippen LogP contribution is 2.19. The maximum Gasteiger partial charge on any atom is 0.356 e. The SMILES string of the molecule is CCOC(=O)c1cc2ccc(O)cc2cn1. The number of fused-ring (bicyclic) bond motifs is 1. The molecule has 4 heteroatoms. The third-order valence-corrected chi connectivity index (χ3v) is 2.19. The second-order valence-corrected chi connectivity index (χ2v) is 3.32. The molecule has 0 aliphatic heterocycles. The van der Waals surface area contributed by atoms with Crippen LogP contribution in [0.25, 0.3) is 10.8 Å². The van der Waals surface area contributed by atoms with Gasteiger partial charge < -0.3 is 9.84 Å². The number of aromatic nitrogens is 1. The highest BCUT2D eigenvalue weighted by molar-refractivity contribution is 5.93. The van der Waals surface area contributed by atoms with E-state index in [-0.39, 0.29) is 11.4 Å². The van der Waals surface area contributed by atoms with Gasteiger partial charge in [0.15, 0.2) is 0 Å². The lowest BCUT2D eigenvalue weighted by Gasteiger charge is -2.03. The van der Waals surface area contributed by atoms with Crippen LogP contribution >= 0.6 is 0 Å². The first-order valence-electron chi connectivity index (χ1n) is 4.96. The van der Waals surface area contributed by atoms with Crippen LogP contribution in [0.15, 0.2) is 30.5 Å². The molecule has 1 N–H and O–H groups in total. The number of nitrogens with zero attached hydrogens (tertiary/aromatic N) is 1. The van der Waals surface area contributed by atoms with Crippen LogP contribution in [0.3, 0.4) is 0 Å². The van der Waals surface area contributed by atoms with Crippen LogP contribution in [0, 0.1) is 0 Å². The predicted molar refractivity (Wildman–Crippen MR) is 59.4 cm³/mol. The summed E-state index contributed by atoms with van der Waals surface area (Å²) in [5.41, 5.74) is 0.278. The molecule has 0 atom stereocenters. The van der Waals surface area contributed by atoms with E-state index in [0.29, 0.717) is 6.61 Å². The van der Waals surface area contributed by atoms with Gasteiger partial charge in [-0.15, -0.1) is 0 Å². The van der Waals surface area contributed by atoms with E-state index >= 15 is 0 Å². The Balaban J connectivity index is 2.44. The normalized spacial score (nSPS) is 10.3. The zero-order chi connectivity index (χ0) is 11.5. The molecule has 82 valence electrons. The smallest absolute Gasteiger partial charge is 0.356 e. The molecule has 0 amide bonds. The van der Waals surface area contributed by atoms with E-state index in [1.54, 1.807) is 37.4 Å². The number of aromatic hydroxyl groups is 1. The summed E-state index contributed by atoms with van der Waals surface area (Å²) in [5.74, 6) is -0.254. The zero-order valence-corrected chi connectivity index (χ0v) is 8.80. The van der Waals surface area contributed by atoms with Gasteiger partial charge in [0.2, 0.25) is 0 Å². The minimum atomic E-state index is -0.433. The van der Waals surface area contributed by atoms with Crippen molar-refractivity contribution in [2.24, 2.45) is 0 Å². The summed E-state index contributed by atoms with van der Waals surface area (Å²) in [4.78, 5) is 15.4. The second kappa shape index (κ2) is 4.18. The molecule has 1 aromatic heterocycles. The fourth-order valence-corrected chi connectivity index (χ4v) is 1.45. The Morgan fingerprint density at radius 1 is 1.38 bits per heavy atom. The monoisotopic (exact) mass is 217 g/mol. The molecule has 0 saturated heterocycles. The summed E-state index contributed by atoms with van der Waals surface area (Å²) in [6.45, 7) is 2.07. The molecule has 16 heavy (non-hydrogen) atoms. The van der Waals surface area contributed by atoms with Gasteiger partial charge in [0.1, 0.15) is 11.4 Å². The van der Waals surface area contributed by atoms with Gasteiger partial charge in [0.05, 0.1) is 6.61 Å². The van der Waals surface area contributed by atoms with Gasteiger partial charge in [-0.25, -0.2) is 9.78 Å². The maximum atomic E-state index is 11.4. The predicted octanol–water partition coefficient (Wildman–Crippen LogP) is 2.12. The Kier molecular flexibility index (Phi) is 2.72. The van der Waals surface area contributed by atoms with Gasteiger partial charge in [-0.05, 0) is 30.5 Å². The van der Waals surface area contributed by atoms with Crippen LogP contribution in [-0.4, -0.2) is 22.7 Å². The van der Waals surface area contributed by atoms with Gasteiger partial charge >= 0.3 is 5.97 Å². The minimum absolute atomic E-state index is 0.179. The lowest BCUT2D eigenvalue weighted by atomic mass is 10.1. The van der Waals surface area contributed by atoms with Gasteiger partial charge in [-0.2, -0.15) is 0 Å². The minimum Gasteiger partial charge on any atom is -0.508 e. The maximum absolute atomic E-state index is 11.4. The lowest BCUT2D eigenvalue weighted by Crippen LogP contribution is -2.06. The number of carbonyl (C=O) groups excluding carboxylic acids is 1. The average molecular weight is 217 g/mol. The number of hydrogen-bond donors (Lipinski definition) is 1. The van der Waals surface area contributed by atoms with Crippen molar-refractivity contribution in [1.82, 2.24) is 4.98 Å². The third-order valence-electron chi connectivity index (χ3n) is 2.19. The quantitative estimate of drug-likeness (QED) is 0.783. The van der Waals surface area contributed by atoms with Crippen LogP contribution in [0.1, 0.15) is 17.4 Å². The van der Waals surface area contributed by atoms with Crippen molar-refractivity contribution in [3.05, 3.63) is 36.2 Å². The Labute approximate surface area is 92.5 Å². The van der Waals surface area contributed by atoms with Crippen molar-refractivity contribution in [1.29, 1.82) is 0 Å².